The molecule has 2 aromatic heterocycles. The zero-order valence-electron chi connectivity index (χ0n) is 15.0. The molecule has 0 aromatic carbocycles. The molecule has 2 rings (SSSR count). The first-order valence-corrected chi connectivity index (χ1v) is 9.23. The van der Waals surface area contributed by atoms with Gasteiger partial charge in [-0.15, -0.1) is 35.3 Å². The van der Waals surface area contributed by atoms with Crippen molar-refractivity contribution < 1.29 is 9.52 Å². The average molecular weight is 477 g/mol. The van der Waals surface area contributed by atoms with Gasteiger partial charge >= 0.3 is 0 Å². The molecule has 0 aliphatic carbocycles. The van der Waals surface area contributed by atoms with Crippen molar-refractivity contribution in [2.45, 2.75) is 45.3 Å². The van der Waals surface area contributed by atoms with E-state index in [1.165, 1.54) is 0 Å². The smallest absolute Gasteiger partial charge is 0.191 e. The Bertz CT molecular complexity index is 612. The molecule has 0 aliphatic rings. The van der Waals surface area contributed by atoms with Crippen molar-refractivity contribution in [3.63, 3.8) is 0 Å². The van der Waals surface area contributed by atoms with Crippen molar-refractivity contribution in [2.24, 2.45) is 4.99 Å². The summed E-state index contributed by atoms with van der Waals surface area (Å²) < 4.78 is 5.34. The fourth-order valence-corrected chi connectivity index (χ4v) is 2.92. The van der Waals surface area contributed by atoms with Crippen LogP contribution in [0.5, 0.6) is 0 Å². The number of aliphatic hydroxyl groups is 1. The first kappa shape index (κ1) is 22.0. The van der Waals surface area contributed by atoms with Gasteiger partial charge in [0, 0.05) is 23.9 Å². The highest BCUT2D eigenvalue weighted by Crippen LogP contribution is 2.25. The molecule has 25 heavy (non-hydrogen) atoms. The van der Waals surface area contributed by atoms with Crippen LogP contribution < -0.4 is 10.6 Å². The summed E-state index contributed by atoms with van der Waals surface area (Å²) in [5.74, 6) is 1.66. The third kappa shape index (κ3) is 7.37. The fourth-order valence-electron chi connectivity index (χ4n) is 2.14. The van der Waals surface area contributed by atoms with E-state index >= 15 is 0 Å². The molecule has 140 valence electrons. The number of nitrogens with one attached hydrogen (secondary N) is 2. The van der Waals surface area contributed by atoms with Gasteiger partial charge in [-0.25, -0.2) is 4.99 Å². The van der Waals surface area contributed by atoms with Crippen molar-refractivity contribution in [3.05, 3.63) is 46.5 Å². The predicted octanol–water partition coefficient (Wildman–Crippen LogP) is 3.74. The lowest BCUT2D eigenvalue weighted by Gasteiger charge is -2.22. The number of nitrogens with zero attached hydrogens (tertiary/aromatic N) is 1. The minimum atomic E-state index is -0.959. The molecule has 0 saturated heterocycles. The summed E-state index contributed by atoms with van der Waals surface area (Å²) in [7, 11) is 0. The summed E-state index contributed by atoms with van der Waals surface area (Å²) in [4.78, 5) is 5.50. The number of guanidine groups is 1. The van der Waals surface area contributed by atoms with Crippen LogP contribution in [0.2, 0.25) is 0 Å². The van der Waals surface area contributed by atoms with Gasteiger partial charge < -0.3 is 20.2 Å². The van der Waals surface area contributed by atoms with Gasteiger partial charge in [0.15, 0.2) is 5.96 Å². The number of furan rings is 1. The van der Waals surface area contributed by atoms with Crippen molar-refractivity contribution in [1.82, 2.24) is 10.6 Å². The Balaban J connectivity index is 0.00000312. The molecule has 0 amide bonds. The summed E-state index contributed by atoms with van der Waals surface area (Å²) in [5, 5.41) is 19.3. The summed E-state index contributed by atoms with van der Waals surface area (Å²) >= 11 is 1.54. The average Bonchev–Trinajstić information content (AvgIpc) is 3.25. The van der Waals surface area contributed by atoms with Gasteiger partial charge in [-0.2, -0.15) is 0 Å². The quantitative estimate of drug-likeness (QED) is 0.308. The monoisotopic (exact) mass is 477 g/mol. The topological polar surface area (TPSA) is 69.8 Å². The van der Waals surface area contributed by atoms with E-state index in [4.69, 9.17) is 4.42 Å². The van der Waals surface area contributed by atoms with Crippen LogP contribution >= 0.6 is 35.3 Å². The van der Waals surface area contributed by atoms with Crippen LogP contribution in [0.1, 0.15) is 37.8 Å². The maximum atomic E-state index is 10.6. The lowest BCUT2D eigenvalue weighted by molar-refractivity contribution is 0.0711. The van der Waals surface area contributed by atoms with E-state index < -0.39 is 5.60 Å². The molecule has 0 aliphatic heterocycles. The number of hydrogen-bond acceptors (Lipinski definition) is 4. The van der Waals surface area contributed by atoms with Crippen LogP contribution in [-0.2, 0) is 12.0 Å². The minimum Gasteiger partial charge on any atom is -0.469 e. The second-order valence-corrected chi connectivity index (χ2v) is 7.07. The van der Waals surface area contributed by atoms with E-state index in [2.05, 4.69) is 29.5 Å². The van der Waals surface area contributed by atoms with E-state index in [1.54, 1.807) is 24.5 Å². The van der Waals surface area contributed by atoms with Crippen molar-refractivity contribution in [2.75, 3.05) is 13.1 Å². The Labute approximate surface area is 171 Å². The molecule has 5 nitrogen and oxygen atoms in total. The van der Waals surface area contributed by atoms with Gasteiger partial charge in [-0.1, -0.05) is 13.0 Å². The van der Waals surface area contributed by atoms with Crippen LogP contribution in [0.25, 0.3) is 0 Å². The minimum absolute atomic E-state index is 0. The van der Waals surface area contributed by atoms with E-state index in [1.807, 2.05) is 29.6 Å². The molecule has 0 bridgehead atoms. The van der Waals surface area contributed by atoms with E-state index in [0.717, 1.165) is 30.0 Å². The van der Waals surface area contributed by atoms with Gasteiger partial charge in [-0.05, 0) is 43.8 Å². The molecule has 0 radical (unpaired) electrons. The fraction of sp³-hybridized carbons (Fsp3) is 0.500. The van der Waals surface area contributed by atoms with Gasteiger partial charge in [0.25, 0.3) is 0 Å². The van der Waals surface area contributed by atoms with Gasteiger partial charge in [0.1, 0.15) is 11.4 Å². The Morgan fingerprint density at radius 2 is 2.20 bits per heavy atom. The van der Waals surface area contributed by atoms with Crippen molar-refractivity contribution >= 4 is 41.3 Å². The van der Waals surface area contributed by atoms with Gasteiger partial charge in [0.2, 0.25) is 0 Å². The maximum absolute atomic E-state index is 10.6. The number of rotatable bonds is 8. The van der Waals surface area contributed by atoms with E-state index in [9.17, 15) is 5.11 Å². The Morgan fingerprint density at radius 3 is 2.80 bits per heavy atom. The van der Waals surface area contributed by atoms with Crippen molar-refractivity contribution in [1.29, 1.82) is 0 Å². The van der Waals surface area contributed by atoms with Gasteiger partial charge in [-0.3, -0.25) is 0 Å². The Kier molecular flexibility index (Phi) is 9.52. The molecule has 0 spiro atoms. The maximum Gasteiger partial charge on any atom is 0.191 e. The summed E-state index contributed by atoms with van der Waals surface area (Å²) in [6.45, 7) is 7.06. The van der Waals surface area contributed by atoms with Crippen LogP contribution in [0.4, 0.5) is 0 Å². The third-order valence-corrected chi connectivity index (χ3v) is 4.96. The molecule has 7 heteroatoms. The normalized spacial score (nSPS) is 15.1. The molecule has 0 saturated carbocycles. The SMILES string of the molecule is CCC(C)NC(=NCC(C)(O)c1cccs1)NCCc1ccco1.I. The highest BCUT2D eigenvalue weighted by atomic mass is 127. The summed E-state index contributed by atoms with van der Waals surface area (Å²) in [6, 6.07) is 8.04. The Hall–Kier alpha value is -1.06. The number of aliphatic imine (C=N–C) groups is 1. The summed E-state index contributed by atoms with van der Waals surface area (Å²) in [6.07, 6.45) is 3.47. The van der Waals surface area contributed by atoms with Crippen LogP contribution in [0.3, 0.4) is 0 Å². The van der Waals surface area contributed by atoms with Crippen molar-refractivity contribution in [3.8, 4) is 0 Å². The van der Waals surface area contributed by atoms with Gasteiger partial charge in [0.05, 0.1) is 12.8 Å². The molecule has 0 fully saturated rings. The van der Waals surface area contributed by atoms with Crippen LogP contribution in [0.15, 0.2) is 45.3 Å². The van der Waals surface area contributed by atoms with E-state index in [0.29, 0.717) is 18.5 Å². The second kappa shape index (κ2) is 10.8. The lowest BCUT2D eigenvalue weighted by Crippen LogP contribution is -2.43. The lowest BCUT2D eigenvalue weighted by atomic mass is 10.1. The standard InChI is InChI=1S/C18H27N3O2S.HI/c1-4-14(2)21-17(19-10-9-15-7-5-11-23-15)20-13-18(3,22)16-8-6-12-24-16;/h5-8,11-12,14,22H,4,9-10,13H2,1-3H3,(H2,19,20,21);1H. The molecule has 3 N–H and O–H groups in total. The molecule has 2 heterocycles. The molecule has 2 atom stereocenters. The first-order chi connectivity index (χ1) is 11.5. The molecular weight excluding hydrogens is 449 g/mol. The molecule has 2 aromatic rings. The highest BCUT2D eigenvalue weighted by Gasteiger charge is 2.24. The summed E-state index contributed by atoms with van der Waals surface area (Å²) in [5.41, 5.74) is -0.959. The molecule has 2 unspecified atom stereocenters. The number of hydrogen-bond donors (Lipinski definition) is 3. The first-order valence-electron chi connectivity index (χ1n) is 8.35. The third-order valence-electron chi connectivity index (χ3n) is 3.84. The highest BCUT2D eigenvalue weighted by molar-refractivity contribution is 14.0. The zero-order valence-corrected chi connectivity index (χ0v) is 18.1. The zero-order chi connectivity index (χ0) is 17.4. The largest absolute Gasteiger partial charge is 0.469 e. The second-order valence-electron chi connectivity index (χ2n) is 6.13. The Morgan fingerprint density at radius 1 is 1.40 bits per heavy atom. The molecular formula is C18H28IN3O2S. The van der Waals surface area contributed by atoms with Crippen LogP contribution in [-0.4, -0.2) is 30.2 Å². The predicted molar refractivity (Wildman–Crippen MR) is 115 cm³/mol. The number of halogens is 1. The van der Waals surface area contributed by atoms with E-state index in [-0.39, 0.29) is 24.0 Å². The number of thiophene rings is 1. The van der Waals surface area contributed by atoms with Crippen LogP contribution in [0, 0.1) is 0 Å².